The maximum atomic E-state index is 5.93. The molecule has 0 amide bonds. The fraction of sp³-hybridized carbons (Fsp3) is 0.667. The maximum Gasteiger partial charge on any atom is 0.224 e. The molecule has 0 bridgehead atoms. The molecule has 94 valence electrons. The molecule has 0 aromatic carbocycles. The van der Waals surface area contributed by atoms with Crippen LogP contribution in [0.25, 0.3) is 0 Å². The Morgan fingerprint density at radius 2 is 2.06 bits per heavy atom. The predicted octanol–water partition coefficient (Wildman–Crippen LogP) is 2.87. The standard InChI is InChI=1S/C12H19ClN4/c1-7(2)12(4-5-12)6-15-10-9(14)8(3)16-11(13)17-10/h7H,4-6,14H2,1-3H3,(H,15,16,17). The van der Waals surface area contributed by atoms with Gasteiger partial charge in [0.15, 0.2) is 5.82 Å². The first-order valence-corrected chi connectivity index (χ1v) is 6.36. The zero-order valence-corrected chi connectivity index (χ0v) is 11.3. The number of nitrogens with zero attached hydrogens (tertiary/aromatic N) is 2. The van der Waals surface area contributed by atoms with Crippen molar-refractivity contribution in [3.8, 4) is 0 Å². The molecule has 1 aliphatic rings. The molecule has 3 N–H and O–H groups in total. The van der Waals surface area contributed by atoms with E-state index < -0.39 is 0 Å². The molecular weight excluding hydrogens is 236 g/mol. The van der Waals surface area contributed by atoms with Gasteiger partial charge in [-0.05, 0) is 42.7 Å². The number of halogens is 1. The summed E-state index contributed by atoms with van der Waals surface area (Å²) in [6, 6.07) is 0. The lowest BCUT2D eigenvalue weighted by molar-refractivity contribution is 0.380. The number of aryl methyl sites for hydroxylation is 1. The molecule has 0 aliphatic heterocycles. The molecule has 0 spiro atoms. The number of hydrogen-bond donors (Lipinski definition) is 2. The molecule has 5 heteroatoms. The van der Waals surface area contributed by atoms with Crippen LogP contribution < -0.4 is 11.1 Å². The van der Waals surface area contributed by atoms with E-state index in [1.807, 2.05) is 6.92 Å². The van der Waals surface area contributed by atoms with E-state index in [9.17, 15) is 0 Å². The van der Waals surface area contributed by atoms with Gasteiger partial charge in [-0.3, -0.25) is 0 Å². The van der Waals surface area contributed by atoms with Crippen molar-refractivity contribution in [2.45, 2.75) is 33.6 Å². The summed E-state index contributed by atoms with van der Waals surface area (Å²) in [5.74, 6) is 1.34. The van der Waals surface area contributed by atoms with Gasteiger partial charge in [-0.2, -0.15) is 4.98 Å². The second kappa shape index (κ2) is 4.33. The van der Waals surface area contributed by atoms with Crippen LogP contribution in [0.5, 0.6) is 0 Å². The van der Waals surface area contributed by atoms with Crippen LogP contribution in [0.4, 0.5) is 11.5 Å². The largest absolute Gasteiger partial charge is 0.394 e. The third-order valence-corrected chi connectivity index (χ3v) is 4.00. The molecule has 0 atom stereocenters. The lowest BCUT2D eigenvalue weighted by Crippen LogP contribution is -2.22. The molecule has 1 aliphatic carbocycles. The van der Waals surface area contributed by atoms with Crippen molar-refractivity contribution in [3.05, 3.63) is 11.0 Å². The van der Waals surface area contributed by atoms with Crippen LogP contribution >= 0.6 is 11.6 Å². The van der Waals surface area contributed by atoms with Crippen LogP contribution in [0.3, 0.4) is 0 Å². The average Bonchev–Trinajstić information content (AvgIpc) is 3.02. The van der Waals surface area contributed by atoms with Crippen LogP contribution in [0.15, 0.2) is 0 Å². The SMILES string of the molecule is Cc1nc(Cl)nc(NCC2(C(C)C)CC2)c1N. The summed E-state index contributed by atoms with van der Waals surface area (Å²) in [7, 11) is 0. The lowest BCUT2D eigenvalue weighted by Gasteiger charge is -2.21. The smallest absolute Gasteiger partial charge is 0.224 e. The predicted molar refractivity (Wildman–Crippen MR) is 71.2 cm³/mol. The van der Waals surface area contributed by atoms with Crippen molar-refractivity contribution in [3.63, 3.8) is 0 Å². The van der Waals surface area contributed by atoms with Crippen LogP contribution in [0, 0.1) is 18.3 Å². The molecule has 1 saturated carbocycles. The maximum absolute atomic E-state index is 5.93. The third kappa shape index (κ3) is 2.46. The summed E-state index contributed by atoms with van der Waals surface area (Å²) in [5.41, 5.74) is 7.66. The van der Waals surface area contributed by atoms with Crippen molar-refractivity contribution >= 4 is 23.1 Å². The first kappa shape index (κ1) is 12.4. The van der Waals surface area contributed by atoms with E-state index in [0.29, 0.717) is 22.8 Å². The molecule has 1 heterocycles. The lowest BCUT2D eigenvalue weighted by atomic mass is 9.92. The number of nitrogens with one attached hydrogen (secondary N) is 1. The first-order valence-electron chi connectivity index (χ1n) is 5.98. The molecule has 0 radical (unpaired) electrons. The van der Waals surface area contributed by atoms with Gasteiger partial charge in [-0.1, -0.05) is 13.8 Å². The van der Waals surface area contributed by atoms with Gasteiger partial charge in [-0.25, -0.2) is 4.98 Å². The number of anilines is 2. The van der Waals surface area contributed by atoms with Gasteiger partial charge < -0.3 is 11.1 Å². The Morgan fingerprint density at radius 1 is 1.41 bits per heavy atom. The Hall–Kier alpha value is -1.03. The Morgan fingerprint density at radius 3 is 2.59 bits per heavy atom. The summed E-state index contributed by atoms with van der Waals surface area (Å²) in [6.45, 7) is 7.26. The Labute approximate surface area is 107 Å². The van der Waals surface area contributed by atoms with E-state index in [4.69, 9.17) is 17.3 Å². The van der Waals surface area contributed by atoms with E-state index in [1.165, 1.54) is 12.8 Å². The highest BCUT2D eigenvalue weighted by molar-refractivity contribution is 6.28. The number of nitrogens with two attached hydrogens (primary N) is 1. The first-order chi connectivity index (χ1) is 7.94. The average molecular weight is 255 g/mol. The molecule has 2 rings (SSSR count). The molecule has 4 nitrogen and oxygen atoms in total. The van der Waals surface area contributed by atoms with E-state index in [2.05, 4.69) is 29.1 Å². The van der Waals surface area contributed by atoms with Gasteiger partial charge in [0.2, 0.25) is 5.28 Å². The van der Waals surface area contributed by atoms with Gasteiger partial charge in [0.25, 0.3) is 0 Å². The second-order valence-corrected chi connectivity index (χ2v) is 5.55. The Balaban J connectivity index is 2.09. The normalized spacial score (nSPS) is 17.2. The molecular formula is C12H19ClN4. The number of hydrogen-bond acceptors (Lipinski definition) is 4. The second-order valence-electron chi connectivity index (χ2n) is 5.21. The minimum atomic E-state index is 0.244. The molecule has 1 aromatic heterocycles. The summed E-state index contributed by atoms with van der Waals surface area (Å²) in [4.78, 5) is 8.16. The highest BCUT2D eigenvalue weighted by Crippen LogP contribution is 2.51. The third-order valence-electron chi connectivity index (χ3n) is 3.83. The van der Waals surface area contributed by atoms with Crippen LogP contribution in [0.2, 0.25) is 5.28 Å². The highest BCUT2D eigenvalue weighted by Gasteiger charge is 2.45. The van der Waals surface area contributed by atoms with Crippen molar-refractivity contribution in [1.82, 2.24) is 9.97 Å². The van der Waals surface area contributed by atoms with Gasteiger partial charge in [0.1, 0.15) is 0 Å². The fourth-order valence-corrected chi connectivity index (χ4v) is 2.27. The quantitative estimate of drug-likeness (QED) is 0.811. The fourth-order valence-electron chi connectivity index (χ4n) is 2.06. The van der Waals surface area contributed by atoms with Crippen molar-refractivity contribution in [2.24, 2.45) is 11.3 Å². The van der Waals surface area contributed by atoms with Crippen molar-refractivity contribution in [2.75, 3.05) is 17.6 Å². The molecule has 1 fully saturated rings. The van der Waals surface area contributed by atoms with Gasteiger partial charge in [0.05, 0.1) is 11.4 Å². The van der Waals surface area contributed by atoms with Gasteiger partial charge >= 0.3 is 0 Å². The number of nitrogen functional groups attached to an aromatic ring is 1. The van der Waals surface area contributed by atoms with E-state index in [-0.39, 0.29) is 5.28 Å². The Kier molecular flexibility index (Phi) is 3.17. The number of aromatic nitrogens is 2. The van der Waals surface area contributed by atoms with E-state index in [0.717, 1.165) is 12.2 Å². The molecule has 17 heavy (non-hydrogen) atoms. The highest BCUT2D eigenvalue weighted by atomic mass is 35.5. The summed E-state index contributed by atoms with van der Waals surface area (Å²) < 4.78 is 0. The zero-order chi connectivity index (χ0) is 12.6. The van der Waals surface area contributed by atoms with Crippen LogP contribution in [0.1, 0.15) is 32.4 Å². The summed E-state index contributed by atoms with van der Waals surface area (Å²) in [5, 5.41) is 3.56. The topological polar surface area (TPSA) is 63.8 Å². The zero-order valence-electron chi connectivity index (χ0n) is 10.5. The van der Waals surface area contributed by atoms with Crippen LogP contribution in [-0.4, -0.2) is 16.5 Å². The van der Waals surface area contributed by atoms with Crippen LogP contribution in [-0.2, 0) is 0 Å². The van der Waals surface area contributed by atoms with Gasteiger partial charge in [-0.15, -0.1) is 0 Å². The molecule has 0 unspecified atom stereocenters. The van der Waals surface area contributed by atoms with Gasteiger partial charge in [0, 0.05) is 6.54 Å². The van der Waals surface area contributed by atoms with Crippen molar-refractivity contribution < 1.29 is 0 Å². The molecule has 0 saturated heterocycles. The minimum Gasteiger partial charge on any atom is -0.394 e. The van der Waals surface area contributed by atoms with E-state index in [1.54, 1.807) is 0 Å². The summed E-state index contributed by atoms with van der Waals surface area (Å²) in [6.07, 6.45) is 2.55. The van der Waals surface area contributed by atoms with Crippen molar-refractivity contribution in [1.29, 1.82) is 0 Å². The number of rotatable bonds is 4. The monoisotopic (exact) mass is 254 g/mol. The van der Waals surface area contributed by atoms with E-state index >= 15 is 0 Å². The molecule has 1 aromatic rings. The minimum absolute atomic E-state index is 0.244. The summed E-state index contributed by atoms with van der Waals surface area (Å²) >= 11 is 5.83. The Bertz CT molecular complexity index is 427.